The molecule has 0 unspecified atom stereocenters. The Labute approximate surface area is 111 Å². The Balaban J connectivity index is 1.95. The van der Waals surface area contributed by atoms with Gasteiger partial charge in [-0.15, -0.1) is 0 Å². The van der Waals surface area contributed by atoms with E-state index in [0.29, 0.717) is 17.9 Å². The van der Waals surface area contributed by atoms with Crippen molar-refractivity contribution in [3.05, 3.63) is 48.0 Å². The van der Waals surface area contributed by atoms with Crippen LogP contribution in [-0.2, 0) is 6.42 Å². The first-order chi connectivity index (χ1) is 9.29. The highest BCUT2D eigenvalue weighted by molar-refractivity contribution is 5.84. The Morgan fingerprint density at radius 2 is 2.26 bits per heavy atom. The van der Waals surface area contributed by atoms with Gasteiger partial charge in [-0.1, -0.05) is 0 Å². The Morgan fingerprint density at radius 3 is 3.00 bits per heavy atom. The molecule has 0 fully saturated rings. The Bertz CT molecular complexity index is 556. The molecule has 2 rings (SSSR count). The molecule has 0 aliphatic heterocycles. The van der Waals surface area contributed by atoms with Crippen LogP contribution in [0.15, 0.2) is 41.8 Å². The first kappa shape index (κ1) is 13.0. The second kappa shape index (κ2) is 6.49. The van der Waals surface area contributed by atoms with Gasteiger partial charge in [0.15, 0.2) is 0 Å². The number of phenols is 1. The molecule has 0 atom stereocenters. The third-order valence-electron chi connectivity index (χ3n) is 2.58. The molecule has 0 aliphatic rings. The van der Waals surface area contributed by atoms with Gasteiger partial charge in [0.05, 0.1) is 12.8 Å². The smallest absolute Gasteiger partial charge is 0.124 e. The predicted octanol–water partition coefficient (Wildman–Crippen LogP) is 1.85. The summed E-state index contributed by atoms with van der Waals surface area (Å²) in [4.78, 5) is 12.4. The molecule has 0 bridgehead atoms. The van der Waals surface area contributed by atoms with E-state index >= 15 is 0 Å². The van der Waals surface area contributed by atoms with E-state index in [-0.39, 0.29) is 5.75 Å². The van der Waals surface area contributed by atoms with Gasteiger partial charge < -0.3 is 9.84 Å². The number of phenolic OH excluding ortho intramolecular Hbond substituents is 1. The molecule has 19 heavy (non-hydrogen) atoms. The van der Waals surface area contributed by atoms with Gasteiger partial charge in [0.2, 0.25) is 0 Å². The SMILES string of the molecule is COc1ccc(O)c(C=NCCc2cnccn2)c1. The first-order valence-electron chi connectivity index (χ1n) is 5.91. The maximum absolute atomic E-state index is 9.68. The summed E-state index contributed by atoms with van der Waals surface area (Å²) < 4.78 is 5.09. The summed E-state index contributed by atoms with van der Waals surface area (Å²) >= 11 is 0. The molecule has 1 heterocycles. The normalized spacial score (nSPS) is 10.8. The van der Waals surface area contributed by atoms with Gasteiger partial charge in [0.25, 0.3) is 0 Å². The average molecular weight is 257 g/mol. The molecule has 0 spiro atoms. The second-order valence-corrected chi connectivity index (χ2v) is 3.91. The zero-order chi connectivity index (χ0) is 13.5. The van der Waals surface area contributed by atoms with Gasteiger partial charge in [0.1, 0.15) is 11.5 Å². The highest BCUT2D eigenvalue weighted by Crippen LogP contribution is 2.20. The summed E-state index contributed by atoms with van der Waals surface area (Å²) in [6.45, 7) is 0.593. The average Bonchev–Trinajstić information content (AvgIpc) is 2.46. The van der Waals surface area contributed by atoms with Crippen molar-refractivity contribution in [1.29, 1.82) is 0 Å². The quantitative estimate of drug-likeness (QED) is 0.830. The van der Waals surface area contributed by atoms with Crippen LogP contribution < -0.4 is 4.74 Å². The fourth-order valence-corrected chi connectivity index (χ4v) is 1.56. The lowest BCUT2D eigenvalue weighted by Crippen LogP contribution is -1.94. The number of nitrogens with zero attached hydrogens (tertiary/aromatic N) is 3. The highest BCUT2D eigenvalue weighted by atomic mass is 16.5. The Kier molecular flexibility index (Phi) is 4.44. The minimum Gasteiger partial charge on any atom is -0.507 e. The summed E-state index contributed by atoms with van der Waals surface area (Å²) in [6, 6.07) is 5.02. The van der Waals surface area contributed by atoms with E-state index in [1.165, 1.54) is 0 Å². The standard InChI is InChI=1S/C14H15N3O2/c1-19-13-2-3-14(18)11(8-13)9-15-5-4-12-10-16-6-7-17-12/h2-3,6-10,18H,4-5H2,1H3. The lowest BCUT2D eigenvalue weighted by Gasteiger charge is -2.02. The van der Waals surface area contributed by atoms with Crippen LogP contribution in [0.4, 0.5) is 0 Å². The molecule has 1 aromatic carbocycles. The van der Waals surface area contributed by atoms with Gasteiger partial charge in [-0.3, -0.25) is 15.0 Å². The fraction of sp³-hybridized carbons (Fsp3) is 0.214. The van der Waals surface area contributed by atoms with E-state index in [9.17, 15) is 5.11 Å². The van der Waals surface area contributed by atoms with E-state index in [2.05, 4.69) is 15.0 Å². The van der Waals surface area contributed by atoms with E-state index < -0.39 is 0 Å². The fourth-order valence-electron chi connectivity index (χ4n) is 1.56. The van der Waals surface area contributed by atoms with Crippen LogP contribution in [-0.4, -0.2) is 34.9 Å². The van der Waals surface area contributed by atoms with Crippen LogP contribution in [0.3, 0.4) is 0 Å². The van der Waals surface area contributed by atoms with Crippen molar-refractivity contribution in [2.45, 2.75) is 6.42 Å². The lowest BCUT2D eigenvalue weighted by atomic mass is 10.2. The van der Waals surface area contributed by atoms with E-state index in [1.54, 1.807) is 50.1 Å². The molecule has 5 heteroatoms. The number of rotatable bonds is 5. The third kappa shape index (κ3) is 3.77. The third-order valence-corrected chi connectivity index (χ3v) is 2.58. The molecule has 0 aliphatic carbocycles. The minimum absolute atomic E-state index is 0.184. The van der Waals surface area contributed by atoms with E-state index in [1.807, 2.05) is 0 Å². The number of aromatic nitrogens is 2. The van der Waals surface area contributed by atoms with Gasteiger partial charge in [-0.25, -0.2) is 0 Å². The van der Waals surface area contributed by atoms with Crippen LogP contribution in [0.25, 0.3) is 0 Å². The summed E-state index contributed by atoms with van der Waals surface area (Å²) in [5, 5.41) is 9.68. The van der Waals surface area contributed by atoms with Crippen molar-refractivity contribution < 1.29 is 9.84 Å². The number of aromatic hydroxyl groups is 1. The molecule has 5 nitrogen and oxygen atoms in total. The maximum Gasteiger partial charge on any atom is 0.124 e. The van der Waals surface area contributed by atoms with Crippen LogP contribution in [0.5, 0.6) is 11.5 Å². The van der Waals surface area contributed by atoms with E-state index in [4.69, 9.17) is 4.74 Å². The largest absolute Gasteiger partial charge is 0.507 e. The van der Waals surface area contributed by atoms with Gasteiger partial charge in [-0.2, -0.15) is 0 Å². The number of aliphatic imine (C=N–C) groups is 1. The predicted molar refractivity (Wildman–Crippen MR) is 72.9 cm³/mol. The van der Waals surface area contributed by atoms with Gasteiger partial charge in [-0.05, 0) is 18.2 Å². The highest BCUT2D eigenvalue weighted by Gasteiger charge is 2.00. The van der Waals surface area contributed by atoms with Crippen molar-refractivity contribution in [1.82, 2.24) is 9.97 Å². The first-order valence-corrected chi connectivity index (χ1v) is 5.91. The van der Waals surface area contributed by atoms with Crippen LogP contribution in [0.1, 0.15) is 11.3 Å². The number of methoxy groups -OCH3 is 1. The molecular formula is C14H15N3O2. The maximum atomic E-state index is 9.68. The molecule has 0 saturated heterocycles. The summed E-state index contributed by atoms with van der Waals surface area (Å²) in [5.41, 5.74) is 1.54. The van der Waals surface area contributed by atoms with Crippen LogP contribution >= 0.6 is 0 Å². The Morgan fingerprint density at radius 1 is 1.37 bits per heavy atom. The monoisotopic (exact) mass is 257 g/mol. The molecule has 0 saturated carbocycles. The molecule has 2 aromatic rings. The second-order valence-electron chi connectivity index (χ2n) is 3.91. The van der Waals surface area contributed by atoms with E-state index in [0.717, 1.165) is 12.1 Å². The summed E-state index contributed by atoms with van der Waals surface area (Å²) in [6.07, 6.45) is 7.37. The van der Waals surface area contributed by atoms with Crippen LogP contribution in [0.2, 0.25) is 0 Å². The minimum atomic E-state index is 0.184. The molecule has 1 N–H and O–H groups in total. The van der Waals surface area contributed by atoms with Crippen molar-refractivity contribution in [3.63, 3.8) is 0 Å². The molecule has 0 radical (unpaired) electrons. The van der Waals surface area contributed by atoms with Crippen LogP contribution in [0, 0.1) is 0 Å². The number of benzene rings is 1. The molecule has 0 amide bonds. The number of hydrogen-bond donors (Lipinski definition) is 1. The number of hydrogen-bond acceptors (Lipinski definition) is 5. The van der Waals surface area contributed by atoms with Crippen molar-refractivity contribution in [3.8, 4) is 11.5 Å². The Hall–Kier alpha value is -2.43. The molecular weight excluding hydrogens is 242 g/mol. The van der Waals surface area contributed by atoms with Gasteiger partial charge >= 0.3 is 0 Å². The topological polar surface area (TPSA) is 67.6 Å². The lowest BCUT2D eigenvalue weighted by molar-refractivity contribution is 0.412. The van der Waals surface area contributed by atoms with Gasteiger partial charge in [0, 0.05) is 43.3 Å². The zero-order valence-corrected chi connectivity index (χ0v) is 10.7. The summed E-state index contributed by atoms with van der Waals surface area (Å²) in [5.74, 6) is 0.872. The van der Waals surface area contributed by atoms with Crippen molar-refractivity contribution in [2.75, 3.05) is 13.7 Å². The van der Waals surface area contributed by atoms with Crippen molar-refractivity contribution >= 4 is 6.21 Å². The van der Waals surface area contributed by atoms with Crippen molar-refractivity contribution in [2.24, 2.45) is 4.99 Å². The molecule has 1 aromatic heterocycles. The number of ether oxygens (including phenoxy) is 1. The zero-order valence-electron chi connectivity index (χ0n) is 10.7. The molecule has 98 valence electrons. The summed E-state index contributed by atoms with van der Waals surface area (Å²) in [7, 11) is 1.58.